The van der Waals surface area contributed by atoms with Gasteiger partial charge in [0.25, 0.3) is 0 Å². The van der Waals surface area contributed by atoms with Crippen molar-refractivity contribution in [1.82, 2.24) is 9.78 Å². The minimum Gasteiger partial charge on any atom is -0.478 e. The first kappa shape index (κ1) is 18.4. The van der Waals surface area contributed by atoms with Crippen LogP contribution < -0.4 is 5.32 Å². The highest BCUT2D eigenvalue weighted by atomic mass is 16.4. The second kappa shape index (κ2) is 7.79. The van der Waals surface area contributed by atoms with Crippen LogP contribution in [-0.2, 0) is 23.1 Å². The maximum absolute atomic E-state index is 12.4. The van der Waals surface area contributed by atoms with Gasteiger partial charge in [-0.3, -0.25) is 9.48 Å². The van der Waals surface area contributed by atoms with Crippen LogP contribution in [0.5, 0.6) is 0 Å². The second-order valence-electron chi connectivity index (χ2n) is 6.16. The molecule has 132 valence electrons. The third-order valence-corrected chi connectivity index (χ3v) is 4.21. The van der Waals surface area contributed by atoms with Crippen LogP contribution >= 0.6 is 0 Å². The molecule has 0 saturated heterocycles. The average molecular weight is 341 g/mol. The Hall–Kier alpha value is -2.89. The number of aryl methyl sites for hydroxylation is 2. The summed E-state index contributed by atoms with van der Waals surface area (Å²) in [5, 5.41) is 15.9. The van der Waals surface area contributed by atoms with E-state index >= 15 is 0 Å². The van der Waals surface area contributed by atoms with E-state index in [0.29, 0.717) is 12.1 Å². The minimum atomic E-state index is -0.993. The fraction of sp³-hybridized carbons (Fsp3) is 0.316. The van der Waals surface area contributed by atoms with Gasteiger partial charge in [-0.25, -0.2) is 4.79 Å². The summed E-state index contributed by atoms with van der Waals surface area (Å²) in [5.74, 6) is -1.24. The van der Waals surface area contributed by atoms with E-state index in [9.17, 15) is 9.59 Å². The lowest BCUT2D eigenvalue weighted by Gasteiger charge is -2.13. The van der Waals surface area contributed by atoms with Crippen LogP contribution in [0.4, 0.5) is 5.69 Å². The first-order valence-corrected chi connectivity index (χ1v) is 8.09. The van der Waals surface area contributed by atoms with Crippen LogP contribution in [0.1, 0.15) is 29.4 Å². The number of carbonyl (C=O) groups excluding carboxylic acids is 1. The molecule has 1 aromatic carbocycles. The fourth-order valence-electron chi connectivity index (χ4n) is 2.62. The Morgan fingerprint density at radius 1 is 1.28 bits per heavy atom. The number of nitrogens with zero attached hydrogens (tertiary/aromatic N) is 2. The summed E-state index contributed by atoms with van der Waals surface area (Å²) in [5.41, 5.74) is 4.58. The molecule has 1 amide bonds. The number of aromatic nitrogens is 2. The SMILES string of the molecule is Cc1nn(C)c(C)c1CC(C)C(=O)Nc1ccc(C=CC(=O)O)cc1. The first-order chi connectivity index (χ1) is 11.8. The molecule has 0 radical (unpaired) electrons. The summed E-state index contributed by atoms with van der Waals surface area (Å²) < 4.78 is 1.83. The Kier molecular flexibility index (Phi) is 5.75. The van der Waals surface area contributed by atoms with E-state index in [-0.39, 0.29) is 11.8 Å². The largest absolute Gasteiger partial charge is 0.478 e. The number of aliphatic carboxylic acids is 1. The zero-order valence-corrected chi connectivity index (χ0v) is 14.9. The molecule has 25 heavy (non-hydrogen) atoms. The van der Waals surface area contributed by atoms with Crippen LogP contribution in [0, 0.1) is 19.8 Å². The van der Waals surface area contributed by atoms with Crippen LogP contribution in [0.15, 0.2) is 30.3 Å². The van der Waals surface area contributed by atoms with Crippen LogP contribution in [0.2, 0.25) is 0 Å². The highest BCUT2D eigenvalue weighted by Gasteiger charge is 2.18. The first-order valence-electron chi connectivity index (χ1n) is 8.09. The van der Waals surface area contributed by atoms with Gasteiger partial charge in [0.05, 0.1) is 5.69 Å². The Morgan fingerprint density at radius 2 is 1.92 bits per heavy atom. The number of nitrogens with one attached hydrogen (secondary N) is 1. The van der Waals surface area contributed by atoms with E-state index in [0.717, 1.165) is 28.6 Å². The van der Waals surface area contributed by atoms with Gasteiger partial charge in [-0.05, 0) is 49.6 Å². The van der Waals surface area contributed by atoms with Crippen molar-refractivity contribution in [2.45, 2.75) is 27.2 Å². The van der Waals surface area contributed by atoms with Crippen molar-refractivity contribution < 1.29 is 14.7 Å². The molecular formula is C19H23N3O3. The van der Waals surface area contributed by atoms with Crippen molar-refractivity contribution in [1.29, 1.82) is 0 Å². The number of benzene rings is 1. The monoisotopic (exact) mass is 341 g/mol. The van der Waals surface area contributed by atoms with E-state index in [2.05, 4.69) is 10.4 Å². The molecule has 2 aromatic rings. The van der Waals surface area contributed by atoms with Crippen LogP contribution in [0.3, 0.4) is 0 Å². The Morgan fingerprint density at radius 3 is 2.44 bits per heavy atom. The molecule has 2 rings (SSSR count). The standard InChI is InChI=1S/C19H23N3O3/c1-12(11-17-13(2)21-22(4)14(17)3)19(25)20-16-8-5-15(6-9-16)7-10-18(23)24/h5-10,12H,11H2,1-4H3,(H,20,25)(H,23,24). The molecule has 1 unspecified atom stereocenters. The molecule has 2 N–H and O–H groups in total. The number of amides is 1. The molecule has 6 heteroatoms. The Balaban J connectivity index is 2.00. The van der Waals surface area contributed by atoms with Crippen molar-refractivity contribution in [3.8, 4) is 0 Å². The second-order valence-corrected chi connectivity index (χ2v) is 6.16. The zero-order chi connectivity index (χ0) is 18.6. The summed E-state index contributed by atoms with van der Waals surface area (Å²) in [4.78, 5) is 22.9. The summed E-state index contributed by atoms with van der Waals surface area (Å²) in [6, 6.07) is 7.03. The third kappa shape index (κ3) is 4.79. The quantitative estimate of drug-likeness (QED) is 0.791. The number of carboxylic acids is 1. The van der Waals surface area contributed by atoms with Gasteiger partial charge in [0.2, 0.25) is 5.91 Å². The predicted octanol–water partition coefficient (Wildman–Crippen LogP) is 2.95. The number of rotatable bonds is 6. The molecule has 0 saturated carbocycles. The smallest absolute Gasteiger partial charge is 0.328 e. The Bertz CT molecular complexity index is 804. The minimum absolute atomic E-state index is 0.0588. The van der Waals surface area contributed by atoms with Crippen molar-refractivity contribution in [3.63, 3.8) is 0 Å². The molecule has 0 bridgehead atoms. The lowest BCUT2D eigenvalue weighted by molar-refractivity contribution is -0.131. The molecule has 1 aromatic heterocycles. The third-order valence-electron chi connectivity index (χ3n) is 4.21. The van der Waals surface area contributed by atoms with Gasteiger partial charge < -0.3 is 10.4 Å². The van der Waals surface area contributed by atoms with Crippen molar-refractivity contribution in [2.24, 2.45) is 13.0 Å². The van der Waals surface area contributed by atoms with Gasteiger partial charge in [-0.2, -0.15) is 5.10 Å². The molecule has 0 aliphatic rings. The summed E-state index contributed by atoms with van der Waals surface area (Å²) in [6.07, 6.45) is 3.22. The zero-order valence-electron chi connectivity index (χ0n) is 14.9. The summed E-state index contributed by atoms with van der Waals surface area (Å²) in [6.45, 7) is 5.85. The van der Waals surface area contributed by atoms with E-state index in [1.807, 2.05) is 32.5 Å². The normalized spacial score (nSPS) is 12.3. The molecule has 1 atom stereocenters. The van der Waals surface area contributed by atoms with Gasteiger partial charge in [0.15, 0.2) is 0 Å². The molecule has 0 spiro atoms. The maximum Gasteiger partial charge on any atom is 0.328 e. The topological polar surface area (TPSA) is 84.2 Å². The average Bonchev–Trinajstić information content (AvgIpc) is 2.80. The highest BCUT2D eigenvalue weighted by molar-refractivity contribution is 5.92. The number of hydrogen-bond donors (Lipinski definition) is 2. The van der Waals surface area contributed by atoms with Gasteiger partial charge in [0, 0.05) is 30.4 Å². The molecule has 6 nitrogen and oxygen atoms in total. The van der Waals surface area contributed by atoms with Crippen LogP contribution in [-0.4, -0.2) is 26.8 Å². The van der Waals surface area contributed by atoms with Crippen molar-refractivity contribution in [2.75, 3.05) is 5.32 Å². The van der Waals surface area contributed by atoms with Crippen molar-refractivity contribution >= 4 is 23.6 Å². The molecule has 0 aliphatic heterocycles. The molecule has 0 fully saturated rings. The molecule has 1 heterocycles. The van der Waals surface area contributed by atoms with E-state index < -0.39 is 5.97 Å². The van der Waals surface area contributed by atoms with Gasteiger partial charge in [0.1, 0.15) is 0 Å². The fourth-order valence-corrected chi connectivity index (χ4v) is 2.62. The number of hydrogen-bond acceptors (Lipinski definition) is 3. The maximum atomic E-state index is 12.4. The van der Waals surface area contributed by atoms with E-state index in [4.69, 9.17) is 5.11 Å². The molecule has 0 aliphatic carbocycles. The number of carboxylic acid groups (broad SMARTS) is 1. The lowest BCUT2D eigenvalue weighted by atomic mass is 9.98. The summed E-state index contributed by atoms with van der Waals surface area (Å²) >= 11 is 0. The van der Waals surface area contributed by atoms with Crippen molar-refractivity contribution in [3.05, 3.63) is 52.9 Å². The van der Waals surface area contributed by atoms with Gasteiger partial charge in [-0.15, -0.1) is 0 Å². The van der Waals surface area contributed by atoms with Gasteiger partial charge in [-0.1, -0.05) is 19.1 Å². The summed E-state index contributed by atoms with van der Waals surface area (Å²) in [7, 11) is 1.90. The van der Waals surface area contributed by atoms with Gasteiger partial charge >= 0.3 is 5.97 Å². The molecular weight excluding hydrogens is 318 g/mol. The van der Waals surface area contributed by atoms with E-state index in [1.165, 1.54) is 6.08 Å². The van der Waals surface area contributed by atoms with E-state index in [1.54, 1.807) is 24.3 Å². The van der Waals surface area contributed by atoms with Crippen LogP contribution in [0.25, 0.3) is 6.08 Å². The number of carbonyl (C=O) groups is 2. The highest BCUT2D eigenvalue weighted by Crippen LogP contribution is 2.18. The Labute approximate surface area is 147 Å². The number of anilines is 1. The lowest BCUT2D eigenvalue weighted by Crippen LogP contribution is -2.22. The predicted molar refractivity (Wildman–Crippen MR) is 97.3 cm³/mol.